The number of ether oxygens (including phenoxy) is 1. The second-order valence-electron chi connectivity index (χ2n) is 3.04. The molecule has 1 heterocycles. The van der Waals surface area contributed by atoms with Gasteiger partial charge in [0.1, 0.15) is 24.0 Å². The van der Waals surface area contributed by atoms with Gasteiger partial charge in [0.15, 0.2) is 5.01 Å². The Morgan fingerprint density at radius 1 is 1.24 bits per heavy atom. The topological polar surface area (TPSA) is 73.1 Å². The Kier molecular flexibility index (Phi) is 3.45. The van der Waals surface area contributed by atoms with E-state index in [0.29, 0.717) is 10.1 Å². The molecule has 17 heavy (non-hydrogen) atoms. The molecule has 3 N–H and O–H groups in total. The van der Waals surface area contributed by atoms with Crippen LogP contribution < -0.4 is 16.0 Å². The number of hydrogen-bond acceptors (Lipinski definition) is 6. The van der Waals surface area contributed by atoms with Crippen LogP contribution in [0.5, 0.6) is 5.75 Å². The van der Waals surface area contributed by atoms with Crippen LogP contribution in [-0.4, -0.2) is 10.2 Å². The van der Waals surface area contributed by atoms with Crippen LogP contribution in [-0.2, 0) is 6.61 Å². The fourth-order valence-electron chi connectivity index (χ4n) is 1.13. The van der Waals surface area contributed by atoms with E-state index in [9.17, 15) is 8.78 Å². The minimum atomic E-state index is -0.693. The van der Waals surface area contributed by atoms with Gasteiger partial charge in [-0.1, -0.05) is 11.3 Å². The molecular formula is C9H8F2N4OS. The van der Waals surface area contributed by atoms with Crippen molar-refractivity contribution in [1.82, 2.24) is 10.2 Å². The van der Waals surface area contributed by atoms with Gasteiger partial charge in [0.25, 0.3) is 0 Å². The Labute approximate surface area is 99.2 Å². The Hall–Kier alpha value is -1.80. The van der Waals surface area contributed by atoms with Gasteiger partial charge < -0.3 is 4.74 Å². The highest BCUT2D eigenvalue weighted by molar-refractivity contribution is 7.15. The number of benzene rings is 1. The summed E-state index contributed by atoms with van der Waals surface area (Å²) in [5.41, 5.74) is 2.33. The lowest BCUT2D eigenvalue weighted by Crippen LogP contribution is -2.05. The van der Waals surface area contributed by atoms with Gasteiger partial charge in [0.2, 0.25) is 5.13 Å². The number of nitrogens with two attached hydrogens (primary N) is 1. The largest absolute Gasteiger partial charge is 0.486 e. The Morgan fingerprint density at radius 2 is 1.94 bits per heavy atom. The van der Waals surface area contributed by atoms with E-state index in [-0.39, 0.29) is 12.4 Å². The van der Waals surface area contributed by atoms with Crippen molar-refractivity contribution in [2.45, 2.75) is 6.61 Å². The van der Waals surface area contributed by atoms with Crippen molar-refractivity contribution in [1.29, 1.82) is 0 Å². The summed E-state index contributed by atoms with van der Waals surface area (Å²) in [6, 6.07) is 2.95. The molecule has 0 atom stereocenters. The maximum absolute atomic E-state index is 12.8. The summed E-state index contributed by atoms with van der Waals surface area (Å²) >= 11 is 1.19. The molecule has 0 radical (unpaired) electrons. The number of nitrogens with one attached hydrogen (secondary N) is 1. The van der Waals surface area contributed by atoms with E-state index in [1.807, 2.05) is 0 Å². The molecule has 5 nitrogen and oxygen atoms in total. The van der Waals surface area contributed by atoms with E-state index in [2.05, 4.69) is 15.6 Å². The molecule has 1 aromatic heterocycles. The van der Waals surface area contributed by atoms with Gasteiger partial charge in [-0.2, -0.15) is 0 Å². The lowest BCUT2D eigenvalue weighted by molar-refractivity contribution is 0.301. The third kappa shape index (κ3) is 3.08. The first-order valence-corrected chi connectivity index (χ1v) is 5.37. The average molecular weight is 258 g/mol. The standard InChI is InChI=1S/C9H8F2N4OS/c10-5-1-6(11)3-7(2-5)16-4-8-14-15-9(13-12)17-8/h1-3H,4,12H2,(H,13,15). The van der Waals surface area contributed by atoms with Gasteiger partial charge >= 0.3 is 0 Å². The Balaban J connectivity index is 2.01. The van der Waals surface area contributed by atoms with Crippen LogP contribution in [0.15, 0.2) is 18.2 Å². The van der Waals surface area contributed by atoms with Gasteiger partial charge in [-0.15, -0.1) is 10.2 Å². The number of halogens is 2. The smallest absolute Gasteiger partial charge is 0.219 e. The summed E-state index contributed by atoms with van der Waals surface area (Å²) < 4.78 is 30.9. The summed E-state index contributed by atoms with van der Waals surface area (Å²) in [7, 11) is 0. The zero-order valence-electron chi connectivity index (χ0n) is 8.48. The number of nitrogen functional groups attached to an aromatic ring is 1. The second-order valence-corrected chi connectivity index (χ2v) is 4.10. The second kappa shape index (κ2) is 5.02. The molecule has 2 aromatic rings. The van der Waals surface area contributed by atoms with Crippen LogP contribution in [0.3, 0.4) is 0 Å². The molecule has 0 bridgehead atoms. The first-order valence-electron chi connectivity index (χ1n) is 4.55. The van der Waals surface area contributed by atoms with Crippen LogP contribution in [0.4, 0.5) is 13.9 Å². The normalized spacial score (nSPS) is 10.3. The molecule has 0 fully saturated rings. The van der Waals surface area contributed by atoms with E-state index < -0.39 is 11.6 Å². The van der Waals surface area contributed by atoms with Crippen molar-refractivity contribution in [3.8, 4) is 5.75 Å². The molecule has 2 rings (SSSR count). The van der Waals surface area contributed by atoms with Gasteiger partial charge in [0.05, 0.1) is 0 Å². The highest BCUT2D eigenvalue weighted by Crippen LogP contribution is 2.19. The number of anilines is 1. The molecule has 90 valence electrons. The van der Waals surface area contributed by atoms with Crippen molar-refractivity contribution in [3.63, 3.8) is 0 Å². The number of hydrazine groups is 1. The molecule has 0 saturated heterocycles. The zero-order valence-corrected chi connectivity index (χ0v) is 9.30. The third-order valence-electron chi connectivity index (χ3n) is 1.79. The first-order chi connectivity index (χ1) is 8.17. The number of rotatable bonds is 4. The minimum absolute atomic E-state index is 0.0717. The van der Waals surface area contributed by atoms with E-state index >= 15 is 0 Å². The maximum Gasteiger partial charge on any atom is 0.219 e. The van der Waals surface area contributed by atoms with Crippen LogP contribution in [0, 0.1) is 11.6 Å². The monoisotopic (exact) mass is 258 g/mol. The molecule has 0 aliphatic heterocycles. The maximum atomic E-state index is 12.8. The third-order valence-corrected chi connectivity index (χ3v) is 2.62. The summed E-state index contributed by atoms with van der Waals surface area (Å²) in [6.07, 6.45) is 0. The van der Waals surface area contributed by atoms with Crippen LogP contribution in [0.2, 0.25) is 0 Å². The van der Waals surface area contributed by atoms with E-state index in [1.54, 1.807) is 0 Å². The Bertz CT molecular complexity index is 499. The summed E-state index contributed by atoms with van der Waals surface area (Å²) in [6.45, 7) is 0.0717. The molecule has 0 aliphatic rings. The number of nitrogens with zero attached hydrogens (tertiary/aromatic N) is 2. The van der Waals surface area contributed by atoms with Crippen molar-refractivity contribution in [2.75, 3.05) is 5.43 Å². The Morgan fingerprint density at radius 3 is 2.53 bits per heavy atom. The van der Waals surface area contributed by atoms with E-state index in [0.717, 1.165) is 18.2 Å². The lowest BCUT2D eigenvalue weighted by Gasteiger charge is -2.03. The number of aromatic nitrogens is 2. The molecule has 1 aromatic carbocycles. The van der Waals surface area contributed by atoms with Crippen LogP contribution >= 0.6 is 11.3 Å². The van der Waals surface area contributed by atoms with E-state index in [1.165, 1.54) is 11.3 Å². The fraction of sp³-hybridized carbons (Fsp3) is 0.111. The average Bonchev–Trinajstić information content (AvgIpc) is 2.73. The minimum Gasteiger partial charge on any atom is -0.486 e. The van der Waals surface area contributed by atoms with E-state index in [4.69, 9.17) is 10.6 Å². The molecule has 0 aliphatic carbocycles. The number of hydrogen-bond donors (Lipinski definition) is 2. The predicted octanol–water partition coefficient (Wildman–Crippen LogP) is 1.68. The van der Waals surface area contributed by atoms with Gasteiger partial charge in [0, 0.05) is 18.2 Å². The first kappa shape index (κ1) is 11.7. The fourth-order valence-corrected chi connectivity index (χ4v) is 1.69. The van der Waals surface area contributed by atoms with Crippen LogP contribution in [0.25, 0.3) is 0 Å². The predicted molar refractivity (Wildman–Crippen MR) is 58.4 cm³/mol. The van der Waals surface area contributed by atoms with Crippen molar-refractivity contribution >= 4 is 16.5 Å². The molecule has 0 spiro atoms. The highest BCUT2D eigenvalue weighted by atomic mass is 32.1. The van der Waals surface area contributed by atoms with Gasteiger partial charge in [-0.05, 0) is 0 Å². The molecule has 0 amide bonds. The van der Waals surface area contributed by atoms with Crippen molar-refractivity contribution < 1.29 is 13.5 Å². The van der Waals surface area contributed by atoms with Crippen LogP contribution in [0.1, 0.15) is 5.01 Å². The molecular weight excluding hydrogens is 250 g/mol. The lowest BCUT2D eigenvalue weighted by atomic mass is 10.3. The molecule has 8 heteroatoms. The summed E-state index contributed by atoms with van der Waals surface area (Å²) in [4.78, 5) is 0. The van der Waals surface area contributed by atoms with Crippen molar-refractivity contribution in [2.24, 2.45) is 5.84 Å². The highest BCUT2D eigenvalue weighted by Gasteiger charge is 2.05. The van der Waals surface area contributed by atoms with Gasteiger partial charge in [-0.3, -0.25) is 5.43 Å². The van der Waals surface area contributed by atoms with Crippen molar-refractivity contribution in [3.05, 3.63) is 34.8 Å². The summed E-state index contributed by atoms with van der Waals surface area (Å²) in [5.74, 6) is 3.84. The zero-order chi connectivity index (χ0) is 12.3. The molecule has 0 saturated carbocycles. The summed E-state index contributed by atoms with van der Waals surface area (Å²) in [5, 5.41) is 8.43. The quantitative estimate of drug-likeness (QED) is 0.644. The van der Waals surface area contributed by atoms with Gasteiger partial charge in [-0.25, -0.2) is 14.6 Å². The molecule has 0 unspecified atom stereocenters. The SMILES string of the molecule is NNc1nnc(COc2cc(F)cc(F)c2)s1.